The van der Waals surface area contributed by atoms with Crippen molar-refractivity contribution in [2.75, 3.05) is 26.2 Å². The minimum absolute atomic E-state index is 0.0460. The molecular formula is C16H22ClN3O3S. The second kappa shape index (κ2) is 6.63. The number of carbonyl (C=O) groups excluding carboxylic acids is 1. The molecule has 2 heterocycles. The van der Waals surface area contributed by atoms with Gasteiger partial charge in [0.2, 0.25) is 15.9 Å². The van der Waals surface area contributed by atoms with E-state index in [9.17, 15) is 13.2 Å². The number of hydrogen-bond donors (Lipinski definition) is 1. The van der Waals surface area contributed by atoms with Crippen LogP contribution in [0.3, 0.4) is 0 Å². The number of benzene rings is 1. The van der Waals surface area contributed by atoms with Gasteiger partial charge in [0.25, 0.3) is 0 Å². The molecule has 0 spiro atoms. The van der Waals surface area contributed by atoms with Crippen LogP contribution < -0.4 is 5.73 Å². The molecule has 8 heteroatoms. The molecule has 0 unspecified atom stereocenters. The fourth-order valence-electron chi connectivity index (χ4n) is 3.40. The maximum Gasteiger partial charge on any atom is 0.243 e. The van der Waals surface area contributed by atoms with Crippen LogP contribution in [-0.4, -0.2) is 55.8 Å². The number of carbonyl (C=O) groups is 1. The normalized spacial score (nSPS) is 21.6. The molecule has 2 N–H and O–H groups in total. The zero-order chi connectivity index (χ0) is 17.5. The molecule has 2 aliphatic rings. The minimum Gasteiger partial charge on any atom is -0.369 e. The van der Waals surface area contributed by atoms with E-state index in [1.165, 1.54) is 4.31 Å². The first-order chi connectivity index (χ1) is 11.3. The van der Waals surface area contributed by atoms with E-state index in [-0.39, 0.29) is 22.8 Å². The van der Waals surface area contributed by atoms with E-state index in [1.54, 1.807) is 25.1 Å². The maximum absolute atomic E-state index is 12.7. The minimum atomic E-state index is -3.50. The third-order valence-corrected chi connectivity index (χ3v) is 7.50. The lowest BCUT2D eigenvalue weighted by molar-refractivity contribution is -0.123. The predicted molar refractivity (Wildman–Crippen MR) is 92.2 cm³/mol. The van der Waals surface area contributed by atoms with Crippen LogP contribution in [0.25, 0.3) is 0 Å². The Morgan fingerprint density at radius 2 is 1.88 bits per heavy atom. The fraction of sp³-hybridized carbons (Fsp3) is 0.562. The van der Waals surface area contributed by atoms with Gasteiger partial charge >= 0.3 is 0 Å². The lowest BCUT2D eigenvalue weighted by Crippen LogP contribution is -2.62. The number of nitrogens with zero attached hydrogens (tertiary/aromatic N) is 2. The Labute approximate surface area is 147 Å². The average molecular weight is 372 g/mol. The van der Waals surface area contributed by atoms with Crippen molar-refractivity contribution >= 4 is 27.5 Å². The lowest BCUT2D eigenvalue weighted by atomic mass is 9.94. The van der Waals surface area contributed by atoms with Crippen molar-refractivity contribution in [1.29, 1.82) is 0 Å². The average Bonchev–Trinajstić information content (AvgIpc) is 2.48. The molecule has 2 saturated heterocycles. The third-order valence-electron chi connectivity index (χ3n) is 5.11. The quantitative estimate of drug-likeness (QED) is 0.862. The molecule has 1 amide bonds. The number of likely N-dealkylation sites (tertiary alicyclic amines) is 1. The molecule has 0 saturated carbocycles. The van der Waals surface area contributed by atoms with Gasteiger partial charge in [0, 0.05) is 30.1 Å². The Balaban J connectivity index is 1.62. The number of hydrogen-bond acceptors (Lipinski definition) is 4. The highest BCUT2D eigenvalue weighted by atomic mass is 35.5. The van der Waals surface area contributed by atoms with E-state index in [2.05, 4.69) is 4.90 Å². The summed E-state index contributed by atoms with van der Waals surface area (Å²) in [6.45, 7) is 4.27. The lowest BCUT2D eigenvalue weighted by Gasteiger charge is -2.46. The SMILES string of the molecule is Cc1c(Cl)cccc1S(=O)(=O)N1CC(N2CCC(C(N)=O)CC2)C1. The van der Waals surface area contributed by atoms with Gasteiger partial charge in [-0.25, -0.2) is 8.42 Å². The van der Waals surface area contributed by atoms with E-state index >= 15 is 0 Å². The molecule has 0 aromatic heterocycles. The van der Waals surface area contributed by atoms with Crippen molar-refractivity contribution in [2.45, 2.75) is 30.7 Å². The van der Waals surface area contributed by atoms with Crippen molar-refractivity contribution in [3.05, 3.63) is 28.8 Å². The van der Waals surface area contributed by atoms with Gasteiger partial charge < -0.3 is 5.73 Å². The number of amides is 1. The highest BCUT2D eigenvalue weighted by molar-refractivity contribution is 7.89. The van der Waals surface area contributed by atoms with Crippen LogP contribution in [0.1, 0.15) is 18.4 Å². The third kappa shape index (κ3) is 3.18. The number of nitrogens with two attached hydrogens (primary N) is 1. The Bertz CT molecular complexity index is 739. The van der Waals surface area contributed by atoms with Crippen molar-refractivity contribution in [3.8, 4) is 0 Å². The smallest absolute Gasteiger partial charge is 0.243 e. The second-order valence-corrected chi connectivity index (χ2v) is 8.86. The first kappa shape index (κ1) is 17.7. The van der Waals surface area contributed by atoms with Crippen molar-refractivity contribution in [3.63, 3.8) is 0 Å². The van der Waals surface area contributed by atoms with Crippen molar-refractivity contribution in [1.82, 2.24) is 9.21 Å². The van der Waals surface area contributed by atoms with Gasteiger partial charge in [0.1, 0.15) is 0 Å². The number of primary amides is 1. The van der Waals surface area contributed by atoms with Crippen molar-refractivity contribution < 1.29 is 13.2 Å². The standard InChI is InChI=1S/C16H22ClN3O3S/c1-11-14(17)3-2-4-15(11)24(22,23)20-9-13(10-20)19-7-5-12(6-8-19)16(18)21/h2-4,12-13H,5-10H2,1H3,(H2,18,21). The van der Waals surface area contributed by atoms with Crippen LogP contribution in [0.4, 0.5) is 0 Å². The molecule has 0 aliphatic carbocycles. The molecule has 132 valence electrons. The molecule has 0 atom stereocenters. The maximum atomic E-state index is 12.7. The van der Waals surface area contributed by atoms with E-state index in [0.717, 1.165) is 25.9 Å². The highest BCUT2D eigenvalue weighted by Crippen LogP contribution is 2.30. The molecule has 0 bridgehead atoms. The molecule has 2 fully saturated rings. The van der Waals surface area contributed by atoms with E-state index in [0.29, 0.717) is 23.7 Å². The Kier molecular flexibility index (Phi) is 4.88. The van der Waals surface area contributed by atoms with E-state index < -0.39 is 10.0 Å². The van der Waals surface area contributed by atoms with E-state index in [4.69, 9.17) is 17.3 Å². The fourth-order valence-corrected chi connectivity index (χ4v) is 5.39. The number of rotatable bonds is 4. The van der Waals surface area contributed by atoms with Gasteiger partial charge in [-0.3, -0.25) is 9.69 Å². The van der Waals surface area contributed by atoms with Gasteiger partial charge in [-0.15, -0.1) is 0 Å². The van der Waals surface area contributed by atoms with Gasteiger partial charge in [0.05, 0.1) is 4.90 Å². The van der Waals surface area contributed by atoms with Crippen LogP contribution in [-0.2, 0) is 14.8 Å². The summed E-state index contributed by atoms with van der Waals surface area (Å²) in [5.41, 5.74) is 5.94. The summed E-state index contributed by atoms with van der Waals surface area (Å²) in [7, 11) is -3.50. The summed E-state index contributed by atoms with van der Waals surface area (Å²) in [6, 6.07) is 5.17. The van der Waals surface area contributed by atoms with Crippen LogP contribution >= 0.6 is 11.6 Å². The predicted octanol–water partition coefficient (Wildman–Crippen LogP) is 1.22. The summed E-state index contributed by atoms with van der Waals surface area (Å²) in [5.74, 6) is -0.279. The van der Waals surface area contributed by atoms with Crippen LogP contribution in [0, 0.1) is 12.8 Å². The highest BCUT2D eigenvalue weighted by Gasteiger charge is 2.41. The zero-order valence-corrected chi connectivity index (χ0v) is 15.2. The molecular weight excluding hydrogens is 350 g/mol. The monoisotopic (exact) mass is 371 g/mol. The molecule has 1 aromatic carbocycles. The van der Waals surface area contributed by atoms with Gasteiger partial charge in [-0.1, -0.05) is 17.7 Å². The summed E-state index contributed by atoms with van der Waals surface area (Å²) >= 11 is 6.05. The van der Waals surface area contributed by atoms with E-state index in [1.807, 2.05) is 0 Å². The van der Waals surface area contributed by atoms with Gasteiger partial charge in [0.15, 0.2) is 0 Å². The summed E-state index contributed by atoms with van der Waals surface area (Å²) < 4.78 is 27.0. The summed E-state index contributed by atoms with van der Waals surface area (Å²) in [6.07, 6.45) is 1.51. The van der Waals surface area contributed by atoms with Gasteiger partial charge in [-0.05, 0) is 50.6 Å². The molecule has 2 aliphatic heterocycles. The zero-order valence-electron chi connectivity index (χ0n) is 13.6. The summed E-state index contributed by atoms with van der Waals surface area (Å²) in [5, 5.41) is 0.460. The first-order valence-corrected chi connectivity index (χ1v) is 9.91. The molecule has 6 nitrogen and oxygen atoms in total. The number of piperidine rings is 1. The van der Waals surface area contributed by atoms with Gasteiger partial charge in [-0.2, -0.15) is 4.31 Å². The largest absolute Gasteiger partial charge is 0.369 e. The molecule has 0 radical (unpaired) electrons. The number of halogens is 1. The Morgan fingerprint density at radius 3 is 2.46 bits per heavy atom. The topological polar surface area (TPSA) is 83.7 Å². The Hall–Kier alpha value is -1.15. The number of sulfonamides is 1. The first-order valence-electron chi connectivity index (χ1n) is 8.09. The Morgan fingerprint density at radius 1 is 1.25 bits per heavy atom. The summed E-state index contributed by atoms with van der Waals surface area (Å²) in [4.78, 5) is 13.8. The molecule has 1 aromatic rings. The molecule has 24 heavy (non-hydrogen) atoms. The second-order valence-electron chi connectivity index (χ2n) is 6.55. The molecule has 3 rings (SSSR count). The van der Waals surface area contributed by atoms with Crippen molar-refractivity contribution in [2.24, 2.45) is 11.7 Å². The van der Waals surface area contributed by atoms with Crippen LogP contribution in [0.15, 0.2) is 23.1 Å². The van der Waals surface area contributed by atoms with Crippen LogP contribution in [0.2, 0.25) is 5.02 Å². The van der Waals surface area contributed by atoms with Crippen LogP contribution in [0.5, 0.6) is 0 Å².